The zero-order valence-electron chi connectivity index (χ0n) is 11.5. The Morgan fingerprint density at radius 2 is 2.14 bits per heavy atom. The Kier molecular flexibility index (Phi) is 4.36. The van der Waals surface area contributed by atoms with E-state index >= 15 is 0 Å². The topological polar surface area (TPSA) is 58.2 Å². The first-order valence-electron chi connectivity index (χ1n) is 6.94. The molecule has 0 bridgehead atoms. The van der Waals surface area contributed by atoms with Crippen LogP contribution >= 0.6 is 22.7 Å². The molecule has 0 atom stereocenters. The van der Waals surface area contributed by atoms with Crippen LogP contribution in [0.5, 0.6) is 0 Å². The number of amides is 2. The summed E-state index contributed by atoms with van der Waals surface area (Å²) < 4.78 is 0. The van der Waals surface area contributed by atoms with Crippen molar-refractivity contribution in [2.45, 2.75) is 32.1 Å². The molecule has 2 amide bonds. The van der Waals surface area contributed by atoms with Crippen molar-refractivity contribution in [3.8, 4) is 0 Å². The summed E-state index contributed by atoms with van der Waals surface area (Å²) in [5.74, 6) is -0.392. The minimum Gasteiger partial charge on any atom is -0.273 e. The normalized spacial score (nSPS) is 13.0. The average Bonchev–Trinajstić information content (AvgIpc) is 3.17. The molecule has 2 aromatic heterocycles. The maximum Gasteiger partial charge on any atom is 0.279 e. The minimum atomic E-state index is -0.224. The first-order chi connectivity index (χ1) is 10.2. The van der Waals surface area contributed by atoms with Crippen LogP contribution < -0.4 is 10.9 Å². The van der Waals surface area contributed by atoms with Crippen LogP contribution in [0.15, 0.2) is 22.9 Å². The van der Waals surface area contributed by atoms with Crippen molar-refractivity contribution in [2.75, 3.05) is 0 Å². The number of aryl methyl sites for hydroxylation is 3. The molecule has 0 unspecified atom stereocenters. The van der Waals surface area contributed by atoms with Crippen LogP contribution in [0.4, 0.5) is 0 Å². The van der Waals surface area contributed by atoms with Crippen LogP contribution in [-0.2, 0) is 24.1 Å². The van der Waals surface area contributed by atoms with Gasteiger partial charge < -0.3 is 0 Å². The number of thiophene rings is 2. The van der Waals surface area contributed by atoms with Crippen LogP contribution in [0.1, 0.15) is 38.5 Å². The SMILES string of the molecule is O=C(CCc1ccsc1)NNC(=O)c1cc2c(s1)CCC2. The zero-order chi connectivity index (χ0) is 14.7. The van der Waals surface area contributed by atoms with E-state index in [1.165, 1.54) is 28.2 Å². The predicted molar refractivity (Wildman–Crippen MR) is 84.6 cm³/mol. The summed E-state index contributed by atoms with van der Waals surface area (Å²) in [5, 5.41) is 4.02. The van der Waals surface area contributed by atoms with Crippen molar-refractivity contribution in [1.29, 1.82) is 0 Å². The Morgan fingerprint density at radius 1 is 1.24 bits per heavy atom. The van der Waals surface area contributed by atoms with E-state index in [0.29, 0.717) is 17.7 Å². The van der Waals surface area contributed by atoms with Crippen molar-refractivity contribution in [3.05, 3.63) is 43.8 Å². The molecule has 1 aliphatic rings. The molecule has 4 nitrogen and oxygen atoms in total. The van der Waals surface area contributed by atoms with Gasteiger partial charge >= 0.3 is 0 Å². The van der Waals surface area contributed by atoms with Gasteiger partial charge in [-0.05, 0) is 59.7 Å². The van der Waals surface area contributed by atoms with Gasteiger partial charge in [0.15, 0.2) is 0 Å². The number of hydrogen-bond donors (Lipinski definition) is 2. The zero-order valence-corrected chi connectivity index (χ0v) is 13.1. The lowest BCUT2D eigenvalue weighted by Gasteiger charge is -2.05. The van der Waals surface area contributed by atoms with E-state index in [1.54, 1.807) is 11.3 Å². The van der Waals surface area contributed by atoms with Crippen molar-refractivity contribution in [1.82, 2.24) is 10.9 Å². The Bertz CT molecular complexity index is 625. The average molecular weight is 320 g/mol. The van der Waals surface area contributed by atoms with Crippen LogP contribution in [0.3, 0.4) is 0 Å². The quantitative estimate of drug-likeness (QED) is 0.851. The standard InChI is InChI=1S/C15H16N2O2S2/c18-14(5-4-10-6-7-20-9-10)16-17-15(19)13-8-11-2-1-3-12(11)21-13/h6-9H,1-5H2,(H,16,18)(H,17,19). The molecule has 0 spiro atoms. The van der Waals surface area contributed by atoms with Gasteiger partial charge in [-0.25, -0.2) is 0 Å². The highest BCUT2D eigenvalue weighted by atomic mass is 32.1. The van der Waals surface area contributed by atoms with E-state index in [4.69, 9.17) is 0 Å². The van der Waals surface area contributed by atoms with Crippen molar-refractivity contribution < 1.29 is 9.59 Å². The van der Waals surface area contributed by atoms with Gasteiger partial charge in [0.25, 0.3) is 5.91 Å². The van der Waals surface area contributed by atoms with Crippen LogP contribution in [-0.4, -0.2) is 11.8 Å². The van der Waals surface area contributed by atoms with Gasteiger partial charge in [0.05, 0.1) is 4.88 Å². The molecule has 2 heterocycles. The van der Waals surface area contributed by atoms with Crippen molar-refractivity contribution in [3.63, 3.8) is 0 Å². The highest BCUT2D eigenvalue weighted by molar-refractivity contribution is 7.14. The lowest BCUT2D eigenvalue weighted by molar-refractivity contribution is -0.121. The third-order valence-electron chi connectivity index (χ3n) is 3.51. The van der Waals surface area contributed by atoms with Crippen LogP contribution in [0, 0.1) is 0 Å². The van der Waals surface area contributed by atoms with Gasteiger partial charge in [-0.3, -0.25) is 20.4 Å². The fraction of sp³-hybridized carbons (Fsp3) is 0.333. The smallest absolute Gasteiger partial charge is 0.273 e. The molecule has 3 rings (SSSR count). The second-order valence-electron chi connectivity index (χ2n) is 5.05. The van der Waals surface area contributed by atoms with Gasteiger partial charge in [0.1, 0.15) is 0 Å². The Labute approximate surface area is 131 Å². The number of nitrogens with one attached hydrogen (secondary N) is 2. The second-order valence-corrected chi connectivity index (χ2v) is 6.96. The van der Waals surface area contributed by atoms with E-state index < -0.39 is 0 Å². The fourth-order valence-corrected chi connectivity index (χ4v) is 4.24. The van der Waals surface area contributed by atoms with Gasteiger partial charge in [-0.1, -0.05) is 0 Å². The molecule has 1 aliphatic carbocycles. The highest BCUT2D eigenvalue weighted by Crippen LogP contribution is 2.30. The number of rotatable bonds is 4. The third kappa shape index (κ3) is 3.51. The maximum atomic E-state index is 12.0. The molecular formula is C15H16N2O2S2. The molecule has 6 heteroatoms. The molecule has 0 aromatic carbocycles. The van der Waals surface area contributed by atoms with Gasteiger partial charge in [-0.2, -0.15) is 11.3 Å². The summed E-state index contributed by atoms with van der Waals surface area (Å²) in [4.78, 5) is 25.7. The first-order valence-corrected chi connectivity index (χ1v) is 8.70. The van der Waals surface area contributed by atoms with Crippen molar-refractivity contribution >= 4 is 34.5 Å². The largest absolute Gasteiger partial charge is 0.279 e. The molecule has 2 aromatic rings. The highest BCUT2D eigenvalue weighted by Gasteiger charge is 2.18. The van der Waals surface area contributed by atoms with Crippen molar-refractivity contribution in [2.24, 2.45) is 0 Å². The Morgan fingerprint density at radius 3 is 2.90 bits per heavy atom. The number of hydrogen-bond acceptors (Lipinski definition) is 4. The lowest BCUT2D eigenvalue weighted by atomic mass is 10.2. The van der Waals surface area contributed by atoms with Gasteiger partial charge in [-0.15, -0.1) is 11.3 Å². The van der Waals surface area contributed by atoms with E-state index in [2.05, 4.69) is 10.9 Å². The van der Waals surface area contributed by atoms with E-state index in [0.717, 1.165) is 18.4 Å². The molecule has 0 saturated heterocycles. The molecule has 0 fully saturated rings. The third-order valence-corrected chi connectivity index (χ3v) is 5.47. The van der Waals surface area contributed by atoms with Gasteiger partial charge in [0, 0.05) is 11.3 Å². The number of hydrazine groups is 1. The van der Waals surface area contributed by atoms with E-state index in [-0.39, 0.29) is 11.8 Å². The van der Waals surface area contributed by atoms with Crippen LogP contribution in [0.25, 0.3) is 0 Å². The molecule has 21 heavy (non-hydrogen) atoms. The van der Waals surface area contributed by atoms with E-state index in [1.807, 2.05) is 22.9 Å². The van der Waals surface area contributed by atoms with Gasteiger partial charge in [0.2, 0.25) is 5.91 Å². The second kappa shape index (κ2) is 6.41. The molecule has 0 saturated carbocycles. The van der Waals surface area contributed by atoms with Crippen LogP contribution in [0.2, 0.25) is 0 Å². The summed E-state index contributed by atoms with van der Waals surface area (Å²) in [5.41, 5.74) is 7.41. The number of fused-ring (bicyclic) bond motifs is 1. The number of carbonyl (C=O) groups excluding carboxylic acids is 2. The molecular weight excluding hydrogens is 304 g/mol. The fourth-order valence-electron chi connectivity index (χ4n) is 2.38. The summed E-state index contributed by atoms with van der Waals surface area (Å²) in [6.45, 7) is 0. The van der Waals surface area contributed by atoms with E-state index in [9.17, 15) is 9.59 Å². The monoisotopic (exact) mass is 320 g/mol. The molecule has 0 radical (unpaired) electrons. The summed E-state index contributed by atoms with van der Waals surface area (Å²) in [6.07, 6.45) is 4.38. The first kappa shape index (κ1) is 14.3. The predicted octanol–water partition coefficient (Wildman–Crippen LogP) is 2.69. The molecule has 0 aliphatic heterocycles. The lowest BCUT2D eigenvalue weighted by Crippen LogP contribution is -2.41. The summed E-state index contributed by atoms with van der Waals surface area (Å²) in [6, 6.07) is 3.95. The molecule has 110 valence electrons. The summed E-state index contributed by atoms with van der Waals surface area (Å²) >= 11 is 3.15. The Hall–Kier alpha value is -1.66. The number of carbonyl (C=O) groups is 2. The Balaban J connectivity index is 1.45. The maximum absolute atomic E-state index is 12.0. The minimum absolute atomic E-state index is 0.168. The summed E-state index contributed by atoms with van der Waals surface area (Å²) in [7, 11) is 0. The molecule has 2 N–H and O–H groups in total.